The third kappa shape index (κ3) is 6.06. The molecule has 0 saturated heterocycles. The number of aliphatic imine (C=N–C) groups is 1. The Bertz CT molecular complexity index is 620. The molecule has 1 aliphatic carbocycles. The lowest BCUT2D eigenvalue weighted by molar-refractivity contribution is 0.624. The summed E-state index contributed by atoms with van der Waals surface area (Å²) in [4.78, 5) is 5.58. The zero-order chi connectivity index (χ0) is 17.2. The quantitative estimate of drug-likeness (QED) is 0.404. The van der Waals surface area contributed by atoms with Crippen molar-refractivity contribution in [3.05, 3.63) is 42.1 Å². The van der Waals surface area contributed by atoms with E-state index in [4.69, 9.17) is 10.7 Å². The molecule has 130 valence electrons. The molecule has 0 unspecified atom stereocenters. The van der Waals surface area contributed by atoms with Gasteiger partial charge in [-0.05, 0) is 49.7 Å². The first-order chi connectivity index (χ1) is 11.7. The van der Waals surface area contributed by atoms with Gasteiger partial charge in [-0.1, -0.05) is 18.9 Å². The monoisotopic (exact) mass is 344 g/mol. The van der Waals surface area contributed by atoms with Gasteiger partial charge in [-0.25, -0.2) is 0 Å². The summed E-state index contributed by atoms with van der Waals surface area (Å²) in [5, 5.41) is 6.58. The zero-order valence-electron chi connectivity index (χ0n) is 14.4. The van der Waals surface area contributed by atoms with E-state index in [1.165, 1.54) is 25.0 Å². The first-order valence-electron chi connectivity index (χ1n) is 8.63. The maximum Gasteiger partial charge on any atom is 0.0767 e. The van der Waals surface area contributed by atoms with E-state index in [-0.39, 0.29) is 0 Å². The van der Waals surface area contributed by atoms with Gasteiger partial charge in [0.1, 0.15) is 0 Å². The predicted molar refractivity (Wildman–Crippen MR) is 108 cm³/mol. The van der Waals surface area contributed by atoms with Crippen molar-refractivity contribution in [1.29, 1.82) is 0 Å². The molecule has 0 aliphatic heterocycles. The van der Waals surface area contributed by atoms with Gasteiger partial charge in [-0.2, -0.15) is 0 Å². The molecule has 4 nitrogen and oxygen atoms in total. The third-order valence-electron chi connectivity index (χ3n) is 3.97. The topological polar surface area (TPSA) is 62.4 Å². The number of nitrogens with zero attached hydrogens (tertiary/aromatic N) is 1. The van der Waals surface area contributed by atoms with E-state index in [0.29, 0.717) is 0 Å². The zero-order valence-corrected chi connectivity index (χ0v) is 15.3. The third-order valence-corrected chi connectivity index (χ3v) is 4.33. The minimum absolute atomic E-state index is 0.801. The second kappa shape index (κ2) is 10.2. The van der Waals surface area contributed by atoms with Gasteiger partial charge in [-0.15, -0.1) is 12.6 Å². The fourth-order valence-electron chi connectivity index (χ4n) is 2.53. The molecule has 1 aromatic carbocycles. The Hall–Kier alpha value is -1.72. The maximum absolute atomic E-state index is 5.50. The van der Waals surface area contributed by atoms with E-state index in [1.54, 1.807) is 0 Å². The van der Waals surface area contributed by atoms with E-state index in [9.17, 15) is 0 Å². The highest BCUT2D eigenvalue weighted by Gasteiger charge is 2.04. The Morgan fingerprint density at radius 2 is 2.00 bits per heavy atom. The van der Waals surface area contributed by atoms with Crippen LogP contribution < -0.4 is 16.4 Å². The lowest BCUT2D eigenvalue weighted by Crippen LogP contribution is -2.15. The van der Waals surface area contributed by atoms with Crippen LogP contribution in [0.1, 0.15) is 32.1 Å². The van der Waals surface area contributed by atoms with Crippen LogP contribution in [0.4, 0.5) is 11.4 Å². The van der Waals surface area contributed by atoms with E-state index in [2.05, 4.69) is 41.5 Å². The van der Waals surface area contributed by atoms with Crippen LogP contribution in [0.25, 0.3) is 0 Å². The molecule has 0 bridgehead atoms. The highest BCUT2D eigenvalue weighted by Crippen LogP contribution is 2.27. The summed E-state index contributed by atoms with van der Waals surface area (Å²) in [6, 6.07) is 6.00. The van der Waals surface area contributed by atoms with E-state index in [0.717, 1.165) is 47.9 Å². The number of nitrogens with one attached hydrogen (secondary N) is 2. The SMILES string of the molecule is CNc1ccc(/N=C2/C=CC(NCCCCCCN)=CC2)c(S)c1. The molecule has 4 N–H and O–H groups in total. The van der Waals surface area contributed by atoms with Crippen molar-refractivity contribution in [2.75, 3.05) is 25.5 Å². The average Bonchev–Trinajstić information content (AvgIpc) is 2.61. The van der Waals surface area contributed by atoms with Gasteiger partial charge in [-0.3, -0.25) is 4.99 Å². The minimum atomic E-state index is 0.801. The number of nitrogens with two attached hydrogens (primary N) is 1. The minimum Gasteiger partial charge on any atom is -0.388 e. The van der Waals surface area contributed by atoms with Crippen molar-refractivity contribution < 1.29 is 0 Å². The molecule has 0 spiro atoms. The molecule has 1 aliphatic rings. The summed E-state index contributed by atoms with van der Waals surface area (Å²) in [7, 11) is 1.90. The van der Waals surface area contributed by atoms with E-state index < -0.39 is 0 Å². The van der Waals surface area contributed by atoms with Crippen molar-refractivity contribution >= 4 is 29.7 Å². The predicted octanol–water partition coefficient (Wildman–Crippen LogP) is 4.04. The lowest BCUT2D eigenvalue weighted by atomic mass is 10.1. The van der Waals surface area contributed by atoms with Crippen molar-refractivity contribution in [2.45, 2.75) is 37.0 Å². The highest BCUT2D eigenvalue weighted by atomic mass is 32.1. The Balaban J connectivity index is 1.81. The summed E-state index contributed by atoms with van der Waals surface area (Å²) in [6.45, 7) is 1.81. The highest BCUT2D eigenvalue weighted by molar-refractivity contribution is 7.80. The number of rotatable bonds is 9. The van der Waals surface area contributed by atoms with Gasteiger partial charge in [0, 0.05) is 42.0 Å². The molecular formula is C19H28N4S. The van der Waals surface area contributed by atoms with Gasteiger partial charge in [0.15, 0.2) is 0 Å². The maximum atomic E-state index is 5.50. The molecule has 0 amide bonds. The van der Waals surface area contributed by atoms with Gasteiger partial charge in [0.2, 0.25) is 0 Å². The van der Waals surface area contributed by atoms with Crippen LogP contribution in [0.15, 0.2) is 52.0 Å². The first-order valence-corrected chi connectivity index (χ1v) is 9.08. The number of benzene rings is 1. The number of anilines is 1. The smallest absolute Gasteiger partial charge is 0.0767 e. The Morgan fingerprint density at radius 3 is 2.67 bits per heavy atom. The summed E-state index contributed by atoms with van der Waals surface area (Å²) in [6.07, 6.45) is 12.0. The van der Waals surface area contributed by atoms with Crippen LogP contribution >= 0.6 is 12.6 Å². The summed E-state index contributed by atoms with van der Waals surface area (Å²) < 4.78 is 0. The second-order valence-electron chi connectivity index (χ2n) is 5.88. The molecule has 0 atom stereocenters. The van der Waals surface area contributed by atoms with Crippen LogP contribution in [0, 0.1) is 0 Å². The Morgan fingerprint density at radius 1 is 1.17 bits per heavy atom. The molecule has 2 rings (SSSR count). The Labute approximate surface area is 150 Å². The average molecular weight is 345 g/mol. The number of hydrogen-bond acceptors (Lipinski definition) is 5. The molecule has 0 aromatic heterocycles. The van der Waals surface area contributed by atoms with Crippen LogP contribution in [0.3, 0.4) is 0 Å². The standard InChI is InChI=1S/C19H28N4S/c1-21-17-10-11-18(19(24)14-17)23-16-8-6-15(7-9-16)22-13-5-3-2-4-12-20/h6-8,10-11,14,21-22,24H,2-5,9,12-13,20H2,1H3/b23-16-. The van der Waals surface area contributed by atoms with Crippen LogP contribution in [0.2, 0.25) is 0 Å². The largest absolute Gasteiger partial charge is 0.388 e. The molecule has 24 heavy (non-hydrogen) atoms. The molecule has 0 radical (unpaired) electrons. The van der Waals surface area contributed by atoms with Gasteiger partial charge >= 0.3 is 0 Å². The molecule has 0 fully saturated rings. The summed E-state index contributed by atoms with van der Waals surface area (Å²) in [5.74, 6) is 0. The van der Waals surface area contributed by atoms with Gasteiger partial charge < -0.3 is 16.4 Å². The van der Waals surface area contributed by atoms with E-state index >= 15 is 0 Å². The summed E-state index contributed by atoms with van der Waals surface area (Å²) >= 11 is 4.51. The van der Waals surface area contributed by atoms with Crippen molar-refractivity contribution in [3.63, 3.8) is 0 Å². The van der Waals surface area contributed by atoms with Crippen LogP contribution in [-0.4, -0.2) is 25.8 Å². The number of allylic oxidation sites excluding steroid dienone is 3. The molecular weight excluding hydrogens is 316 g/mol. The number of thiol groups is 1. The fraction of sp³-hybridized carbons (Fsp3) is 0.421. The van der Waals surface area contributed by atoms with Gasteiger partial charge in [0.05, 0.1) is 5.69 Å². The number of hydrogen-bond donors (Lipinski definition) is 4. The lowest BCUT2D eigenvalue weighted by Gasteiger charge is -2.12. The summed E-state index contributed by atoms with van der Waals surface area (Å²) in [5.41, 5.74) is 9.68. The normalized spacial score (nSPS) is 15.5. The van der Waals surface area contributed by atoms with Crippen LogP contribution in [0.5, 0.6) is 0 Å². The first kappa shape index (κ1) is 18.6. The van der Waals surface area contributed by atoms with Crippen molar-refractivity contribution in [2.24, 2.45) is 10.7 Å². The Kier molecular flexibility index (Phi) is 7.92. The van der Waals surface area contributed by atoms with Crippen molar-refractivity contribution in [3.8, 4) is 0 Å². The molecule has 1 aromatic rings. The fourth-order valence-corrected chi connectivity index (χ4v) is 2.80. The van der Waals surface area contributed by atoms with Gasteiger partial charge in [0.25, 0.3) is 0 Å². The van der Waals surface area contributed by atoms with Crippen molar-refractivity contribution in [1.82, 2.24) is 5.32 Å². The molecule has 0 saturated carbocycles. The number of unbranched alkanes of at least 4 members (excludes halogenated alkanes) is 3. The van der Waals surface area contributed by atoms with E-state index in [1.807, 2.05) is 25.2 Å². The molecule has 0 heterocycles. The van der Waals surface area contributed by atoms with Crippen LogP contribution in [-0.2, 0) is 0 Å². The second-order valence-corrected chi connectivity index (χ2v) is 6.37. The molecule has 5 heteroatoms.